The summed E-state index contributed by atoms with van der Waals surface area (Å²) >= 11 is 5.72. The van der Waals surface area contributed by atoms with Crippen LogP contribution in [-0.2, 0) is 4.79 Å². The Morgan fingerprint density at radius 1 is 1.16 bits per heavy atom. The van der Waals surface area contributed by atoms with Crippen molar-refractivity contribution in [2.24, 2.45) is 0 Å². The number of hydrogen-bond donors (Lipinski definition) is 0. The Morgan fingerprint density at radius 3 is 2.44 bits per heavy atom. The predicted molar refractivity (Wildman–Crippen MR) is 88.4 cm³/mol. The van der Waals surface area contributed by atoms with Gasteiger partial charge in [0.15, 0.2) is 5.78 Å². The van der Waals surface area contributed by atoms with Gasteiger partial charge in [-0.15, -0.1) is 0 Å². The summed E-state index contributed by atoms with van der Waals surface area (Å²) in [6.07, 6.45) is 2.70. The minimum Gasteiger partial charge on any atom is -0.546 e. The standard InChI is InChI=1S/C17H12ClNO6/c18-14-7-1-11(9-15(14)19(23)24)2-8-16(20)12-3-5-13(6-4-12)25-10-17(21)22/h1-9H,10H2,(H,21,22)/p-1/b8-2+. The van der Waals surface area contributed by atoms with Gasteiger partial charge < -0.3 is 14.6 Å². The number of allylic oxidation sites excluding steroid dienone is 1. The number of carboxylic acids is 1. The van der Waals surface area contributed by atoms with Gasteiger partial charge in [0.05, 0.1) is 10.9 Å². The molecule has 0 aliphatic heterocycles. The van der Waals surface area contributed by atoms with E-state index in [-0.39, 0.29) is 22.2 Å². The number of ketones is 1. The Hall–Kier alpha value is -3.19. The topological polar surface area (TPSA) is 110 Å². The molecular weight excluding hydrogens is 350 g/mol. The van der Waals surface area contributed by atoms with Crippen molar-refractivity contribution in [1.29, 1.82) is 0 Å². The van der Waals surface area contributed by atoms with Gasteiger partial charge >= 0.3 is 0 Å². The molecule has 0 saturated heterocycles. The number of nitrogens with zero attached hydrogens (tertiary/aromatic N) is 1. The van der Waals surface area contributed by atoms with E-state index in [0.717, 1.165) is 0 Å². The molecule has 0 fully saturated rings. The minimum absolute atomic E-state index is 0.0145. The molecule has 25 heavy (non-hydrogen) atoms. The third-order valence-corrected chi connectivity index (χ3v) is 3.41. The summed E-state index contributed by atoms with van der Waals surface area (Å²) < 4.78 is 4.91. The van der Waals surface area contributed by atoms with Crippen LogP contribution in [0.1, 0.15) is 15.9 Å². The first-order chi connectivity index (χ1) is 11.9. The number of nitro groups is 1. The van der Waals surface area contributed by atoms with Crippen molar-refractivity contribution in [2.45, 2.75) is 0 Å². The van der Waals surface area contributed by atoms with Crippen molar-refractivity contribution >= 4 is 35.1 Å². The molecule has 0 amide bonds. The van der Waals surface area contributed by atoms with Crippen LogP contribution in [0.15, 0.2) is 48.5 Å². The van der Waals surface area contributed by atoms with E-state index in [1.165, 1.54) is 48.6 Å². The molecule has 7 nitrogen and oxygen atoms in total. The van der Waals surface area contributed by atoms with Crippen molar-refractivity contribution in [1.82, 2.24) is 0 Å². The van der Waals surface area contributed by atoms with Gasteiger partial charge in [0.1, 0.15) is 17.4 Å². The number of benzene rings is 2. The number of ether oxygens (including phenoxy) is 1. The molecule has 0 aromatic heterocycles. The van der Waals surface area contributed by atoms with Crippen LogP contribution in [0.4, 0.5) is 5.69 Å². The van der Waals surface area contributed by atoms with Crippen LogP contribution in [0, 0.1) is 10.1 Å². The van der Waals surface area contributed by atoms with Gasteiger partial charge in [0.25, 0.3) is 5.69 Å². The smallest absolute Gasteiger partial charge is 0.288 e. The number of carbonyl (C=O) groups excluding carboxylic acids is 2. The van der Waals surface area contributed by atoms with Gasteiger partial charge in [-0.1, -0.05) is 23.7 Å². The summed E-state index contributed by atoms with van der Waals surface area (Å²) in [5, 5.41) is 21.2. The third kappa shape index (κ3) is 5.15. The second-order valence-electron chi connectivity index (χ2n) is 4.85. The van der Waals surface area contributed by atoms with Crippen LogP contribution >= 0.6 is 11.6 Å². The van der Waals surface area contributed by atoms with Crippen LogP contribution in [0.25, 0.3) is 6.08 Å². The van der Waals surface area contributed by atoms with Crippen LogP contribution in [0.3, 0.4) is 0 Å². The average Bonchev–Trinajstić information content (AvgIpc) is 2.59. The van der Waals surface area contributed by atoms with Crippen molar-refractivity contribution in [3.8, 4) is 5.75 Å². The Bertz CT molecular complexity index is 845. The third-order valence-electron chi connectivity index (χ3n) is 3.09. The van der Waals surface area contributed by atoms with E-state index in [1.807, 2.05) is 0 Å². The molecule has 0 unspecified atom stereocenters. The summed E-state index contributed by atoms with van der Waals surface area (Å²) in [7, 11) is 0. The van der Waals surface area contributed by atoms with Gasteiger partial charge in [-0.25, -0.2) is 0 Å². The predicted octanol–water partition coefficient (Wildman–Crippen LogP) is 2.27. The number of aliphatic carboxylic acids is 1. The van der Waals surface area contributed by atoms with Crippen molar-refractivity contribution in [2.75, 3.05) is 6.61 Å². The van der Waals surface area contributed by atoms with E-state index in [0.29, 0.717) is 11.1 Å². The van der Waals surface area contributed by atoms with Crippen molar-refractivity contribution < 1.29 is 24.4 Å². The molecule has 2 aromatic rings. The second-order valence-corrected chi connectivity index (χ2v) is 5.26. The van der Waals surface area contributed by atoms with E-state index in [1.54, 1.807) is 6.07 Å². The fourth-order valence-electron chi connectivity index (χ4n) is 1.90. The average molecular weight is 361 g/mol. The molecule has 2 aromatic carbocycles. The van der Waals surface area contributed by atoms with Crippen molar-refractivity contribution in [3.05, 3.63) is 74.8 Å². The number of carbonyl (C=O) groups is 2. The summed E-state index contributed by atoms with van der Waals surface area (Å²) in [5.41, 5.74) is 0.560. The highest BCUT2D eigenvalue weighted by Crippen LogP contribution is 2.25. The van der Waals surface area contributed by atoms with E-state index >= 15 is 0 Å². The first kappa shape index (κ1) is 18.2. The molecule has 0 aliphatic rings. The Labute approximate surface area is 147 Å². The molecule has 0 heterocycles. The maximum atomic E-state index is 12.1. The second kappa shape index (κ2) is 8.07. The number of halogens is 1. The zero-order valence-corrected chi connectivity index (χ0v) is 13.4. The molecule has 0 atom stereocenters. The lowest BCUT2D eigenvalue weighted by molar-refractivity contribution is -0.384. The first-order valence-corrected chi connectivity index (χ1v) is 7.33. The monoisotopic (exact) mass is 360 g/mol. The highest BCUT2D eigenvalue weighted by Gasteiger charge is 2.11. The lowest BCUT2D eigenvalue weighted by atomic mass is 10.1. The van der Waals surface area contributed by atoms with Gasteiger partial charge in [-0.2, -0.15) is 0 Å². The van der Waals surface area contributed by atoms with Crippen LogP contribution in [0.5, 0.6) is 5.75 Å². The van der Waals surface area contributed by atoms with Gasteiger partial charge in [-0.05, 0) is 42.0 Å². The molecular formula is C17H11ClNO6-. The lowest BCUT2D eigenvalue weighted by Gasteiger charge is -2.06. The number of rotatable bonds is 7. The molecule has 0 bridgehead atoms. The molecule has 0 saturated carbocycles. The number of nitro benzene ring substituents is 1. The lowest BCUT2D eigenvalue weighted by Crippen LogP contribution is -2.28. The van der Waals surface area contributed by atoms with Crippen LogP contribution in [0.2, 0.25) is 5.02 Å². The molecule has 0 aliphatic carbocycles. The Balaban J connectivity index is 2.08. The molecule has 0 spiro atoms. The summed E-state index contributed by atoms with van der Waals surface area (Å²) in [4.78, 5) is 32.6. The maximum absolute atomic E-state index is 12.1. The molecule has 8 heteroatoms. The van der Waals surface area contributed by atoms with Crippen LogP contribution < -0.4 is 9.84 Å². The Kier molecular flexibility index (Phi) is 5.86. The number of hydrogen-bond acceptors (Lipinski definition) is 6. The van der Waals surface area contributed by atoms with E-state index < -0.39 is 17.5 Å². The highest BCUT2D eigenvalue weighted by atomic mass is 35.5. The first-order valence-electron chi connectivity index (χ1n) is 6.96. The zero-order chi connectivity index (χ0) is 18.4. The summed E-state index contributed by atoms with van der Waals surface area (Å²) in [5.74, 6) is -1.39. The fraction of sp³-hybridized carbons (Fsp3) is 0.0588. The maximum Gasteiger partial charge on any atom is 0.288 e. The molecule has 0 N–H and O–H groups in total. The molecule has 128 valence electrons. The number of carboxylic acid groups (broad SMARTS) is 1. The molecule has 2 rings (SSSR count). The quantitative estimate of drug-likeness (QED) is 0.324. The highest BCUT2D eigenvalue weighted by molar-refractivity contribution is 6.32. The van der Waals surface area contributed by atoms with Gasteiger partial charge in [0.2, 0.25) is 0 Å². The van der Waals surface area contributed by atoms with Gasteiger partial charge in [-0.3, -0.25) is 14.9 Å². The summed E-state index contributed by atoms with van der Waals surface area (Å²) in [6.45, 7) is -0.581. The SMILES string of the molecule is O=C([O-])COc1ccc(C(=O)/C=C/c2ccc(Cl)c([N+](=O)[O-])c2)cc1. The van der Waals surface area contributed by atoms with Crippen LogP contribution in [-0.4, -0.2) is 23.3 Å². The van der Waals surface area contributed by atoms with E-state index in [2.05, 4.69) is 0 Å². The zero-order valence-electron chi connectivity index (χ0n) is 12.7. The van der Waals surface area contributed by atoms with Crippen molar-refractivity contribution in [3.63, 3.8) is 0 Å². The van der Waals surface area contributed by atoms with Gasteiger partial charge in [0, 0.05) is 11.6 Å². The Morgan fingerprint density at radius 2 is 1.84 bits per heavy atom. The minimum atomic E-state index is -1.35. The largest absolute Gasteiger partial charge is 0.546 e. The van der Waals surface area contributed by atoms with E-state index in [9.17, 15) is 24.8 Å². The normalized spacial score (nSPS) is 10.6. The summed E-state index contributed by atoms with van der Waals surface area (Å²) in [6, 6.07) is 10.1. The fourth-order valence-corrected chi connectivity index (χ4v) is 2.09. The van der Waals surface area contributed by atoms with E-state index in [4.69, 9.17) is 16.3 Å². The molecule has 0 radical (unpaired) electrons.